The van der Waals surface area contributed by atoms with E-state index in [0.29, 0.717) is 17.0 Å². The van der Waals surface area contributed by atoms with E-state index >= 15 is 0 Å². The lowest BCUT2D eigenvalue weighted by molar-refractivity contribution is -0.141. The second-order valence-corrected chi connectivity index (χ2v) is 4.92. The van der Waals surface area contributed by atoms with Gasteiger partial charge in [0.2, 0.25) is 0 Å². The molecule has 0 saturated heterocycles. The molecule has 0 spiro atoms. The van der Waals surface area contributed by atoms with Crippen LogP contribution in [0.5, 0.6) is 0 Å². The molecular formula is C16H18N2O4. The smallest absolute Gasteiger partial charge is 0.307 e. The van der Waals surface area contributed by atoms with E-state index in [1.165, 1.54) is 7.11 Å². The largest absolute Gasteiger partial charge is 0.469 e. The minimum Gasteiger partial charge on any atom is -0.469 e. The van der Waals surface area contributed by atoms with Crippen molar-refractivity contribution in [1.29, 1.82) is 0 Å². The summed E-state index contributed by atoms with van der Waals surface area (Å²) in [5.41, 5.74) is 1.73. The highest BCUT2D eigenvalue weighted by atomic mass is 16.5. The van der Waals surface area contributed by atoms with Crippen molar-refractivity contribution in [2.24, 2.45) is 0 Å². The Labute approximate surface area is 128 Å². The fourth-order valence-electron chi connectivity index (χ4n) is 2.23. The van der Waals surface area contributed by atoms with E-state index < -0.39 is 12.0 Å². The van der Waals surface area contributed by atoms with Gasteiger partial charge in [0.05, 0.1) is 25.3 Å². The van der Waals surface area contributed by atoms with Crippen LogP contribution in [-0.4, -0.2) is 24.1 Å². The average molecular weight is 302 g/mol. The van der Waals surface area contributed by atoms with E-state index in [-0.39, 0.29) is 12.3 Å². The third-order valence-electron chi connectivity index (χ3n) is 3.37. The molecule has 0 aliphatic rings. The maximum Gasteiger partial charge on any atom is 0.307 e. The molecule has 22 heavy (non-hydrogen) atoms. The minimum atomic E-state index is -0.477. The molecule has 0 aliphatic heterocycles. The zero-order valence-corrected chi connectivity index (χ0v) is 12.8. The highest BCUT2D eigenvalue weighted by Crippen LogP contribution is 2.19. The number of ether oxygens (including phenoxy) is 1. The maximum atomic E-state index is 12.4. The number of aryl methyl sites for hydroxylation is 2. The molecule has 0 radical (unpaired) electrons. The summed E-state index contributed by atoms with van der Waals surface area (Å²) < 4.78 is 9.70. The van der Waals surface area contributed by atoms with E-state index in [1.807, 2.05) is 30.3 Å². The Hall–Kier alpha value is -2.63. The normalized spacial score (nSPS) is 11.8. The lowest BCUT2D eigenvalue weighted by atomic mass is 10.0. The van der Waals surface area contributed by atoms with Gasteiger partial charge in [-0.25, -0.2) is 0 Å². The van der Waals surface area contributed by atoms with Crippen molar-refractivity contribution >= 4 is 11.9 Å². The van der Waals surface area contributed by atoms with Gasteiger partial charge in [-0.1, -0.05) is 35.5 Å². The Morgan fingerprint density at radius 2 is 1.95 bits per heavy atom. The molecule has 1 aromatic heterocycles. The number of carbonyl (C=O) groups is 2. The summed E-state index contributed by atoms with van der Waals surface area (Å²) in [6.07, 6.45) is 0.0512. The first-order chi connectivity index (χ1) is 10.5. The van der Waals surface area contributed by atoms with Crippen LogP contribution in [0.3, 0.4) is 0 Å². The number of rotatable bonds is 5. The quantitative estimate of drug-likeness (QED) is 0.857. The lowest BCUT2D eigenvalue weighted by Gasteiger charge is -2.18. The van der Waals surface area contributed by atoms with Crippen molar-refractivity contribution in [2.75, 3.05) is 7.11 Å². The molecule has 1 N–H and O–H groups in total. The topological polar surface area (TPSA) is 81.4 Å². The highest BCUT2D eigenvalue weighted by Gasteiger charge is 2.23. The summed E-state index contributed by atoms with van der Waals surface area (Å²) in [5.74, 6) is -0.276. The predicted octanol–water partition coefficient (Wildman–Crippen LogP) is 2.33. The van der Waals surface area contributed by atoms with Gasteiger partial charge in [-0.05, 0) is 19.4 Å². The number of amides is 1. The van der Waals surface area contributed by atoms with E-state index in [2.05, 4.69) is 10.5 Å². The molecule has 1 atom stereocenters. The zero-order chi connectivity index (χ0) is 16.1. The molecule has 1 heterocycles. The fourth-order valence-corrected chi connectivity index (χ4v) is 2.23. The Morgan fingerprint density at radius 3 is 2.50 bits per heavy atom. The minimum absolute atomic E-state index is 0.0512. The average Bonchev–Trinajstić information content (AvgIpc) is 2.86. The summed E-state index contributed by atoms with van der Waals surface area (Å²) in [5, 5.41) is 6.61. The van der Waals surface area contributed by atoms with Crippen LogP contribution in [0, 0.1) is 13.8 Å². The molecule has 0 fully saturated rings. The van der Waals surface area contributed by atoms with E-state index in [9.17, 15) is 9.59 Å². The summed E-state index contributed by atoms with van der Waals surface area (Å²) >= 11 is 0. The summed E-state index contributed by atoms with van der Waals surface area (Å²) in [4.78, 5) is 24.0. The number of aromatic nitrogens is 1. The molecule has 0 bridgehead atoms. The van der Waals surface area contributed by atoms with Gasteiger partial charge in [0, 0.05) is 0 Å². The summed E-state index contributed by atoms with van der Waals surface area (Å²) in [6, 6.07) is 8.79. The number of hydrogen-bond acceptors (Lipinski definition) is 5. The number of esters is 1. The molecule has 2 aromatic rings. The van der Waals surface area contributed by atoms with Crippen LogP contribution < -0.4 is 5.32 Å². The van der Waals surface area contributed by atoms with Crippen molar-refractivity contribution < 1.29 is 18.8 Å². The predicted molar refractivity (Wildman–Crippen MR) is 79.3 cm³/mol. The van der Waals surface area contributed by atoms with Crippen LogP contribution in [0.15, 0.2) is 34.9 Å². The number of methoxy groups -OCH3 is 1. The molecular weight excluding hydrogens is 284 g/mol. The SMILES string of the molecule is COC(=O)CC(NC(=O)c1c(C)noc1C)c1ccccc1. The van der Waals surface area contributed by atoms with Crippen LogP contribution in [0.1, 0.15) is 39.8 Å². The first kappa shape index (κ1) is 15.8. The number of carbonyl (C=O) groups excluding carboxylic acids is 2. The Morgan fingerprint density at radius 1 is 1.27 bits per heavy atom. The molecule has 0 saturated carbocycles. The number of benzene rings is 1. The first-order valence-corrected chi connectivity index (χ1v) is 6.88. The van der Waals surface area contributed by atoms with Crippen molar-refractivity contribution in [1.82, 2.24) is 10.5 Å². The van der Waals surface area contributed by atoms with Crippen LogP contribution in [0.25, 0.3) is 0 Å². The molecule has 6 heteroatoms. The lowest BCUT2D eigenvalue weighted by Crippen LogP contribution is -2.31. The molecule has 116 valence electrons. The first-order valence-electron chi connectivity index (χ1n) is 6.88. The number of hydrogen-bond donors (Lipinski definition) is 1. The highest BCUT2D eigenvalue weighted by molar-refractivity contribution is 5.96. The Bertz CT molecular complexity index is 645. The van der Waals surface area contributed by atoms with Gasteiger partial charge >= 0.3 is 5.97 Å². The molecule has 0 aliphatic carbocycles. The van der Waals surface area contributed by atoms with Crippen LogP contribution in [0.2, 0.25) is 0 Å². The van der Waals surface area contributed by atoms with Crippen molar-refractivity contribution in [3.63, 3.8) is 0 Å². The van der Waals surface area contributed by atoms with E-state index in [1.54, 1.807) is 13.8 Å². The van der Waals surface area contributed by atoms with Crippen LogP contribution in [0.4, 0.5) is 0 Å². The van der Waals surface area contributed by atoms with Crippen LogP contribution in [-0.2, 0) is 9.53 Å². The molecule has 1 aromatic carbocycles. The van der Waals surface area contributed by atoms with Gasteiger partial charge in [0.1, 0.15) is 11.3 Å². The summed E-state index contributed by atoms with van der Waals surface area (Å²) in [6.45, 7) is 3.37. The van der Waals surface area contributed by atoms with Crippen molar-refractivity contribution in [3.8, 4) is 0 Å². The van der Waals surface area contributed by atoms with Gasteiger partial charge in [0.15, 0.2) is 0 Å². The van der Waals surface area contributed by atoms with Crippen molar-refractivity contribution in [2.45, 2.75) is 26.3 Å². The fraction of sp³-hybridized carbons (Fsp3) is 0.312. The standard InChI is InChI=1S/C16H18N2O4/c1-10-15(11(2)22-18-10)16(20)17-13(9-14(19)21-3)12-7-5-4-6-8-12/h4-8,13H,9H2,1-3H3,(H,17,20). The van der Waals surface area contributed by atoms with E-state index in [4.69, 9.17) is 9.26 Å². The van der Waals surface area contributed by atoms with Gasteiger partial charge in [-0.2, -0.15) is 0 Å². The van der Waals surface area contributed by atoms with Crippen molar-refractivity contribution in [3.05, 3.63) is 52.9 Å². The third-order valence-corrected chi connectivity index (χ3v) is 3.37. The third kappa shape index (κ3) is 3.52. The second kappa shape index (κ2) is 6.89. The monoisotopic (exact) mass is 302 g/mol. The van der Waals surface area contributed by atoms with Crippen LogP contribution >= 0.6 is 0 Å². The number of nitrogens with zero attached hydrogens (tertiary/aromatic N) is 1. The number of nitrogens with one attached hydrogen (secondary N) is 1. The van der Waals surface area contributed by atoms with E-state index in [0.717, 1.165) is 5.56 Å². The Balaban J connectivity index is 2.23. The van der Waals surface area contributed by atoms with Gasteiger partial charge < -0.3 is 14.6 Å². The molecule has 1 amide bonds. The molecule has 2 rings (SSSR count). The molecule has 6 nitrogen and oxygen atoms in total. The van der Waals surface area contributed by atoms with Gasteiger partial charge in [-0.3, -0.25) is 9.59 Å². The Kier molecular flexibility index (Phi) is 4.93. The zero-order valence-electron chi connectivity index (χ0n) is 12.8. The summed E-state index contributed by atoms with van der Waals surface area (Å²) in [7, 11) is 1.32. The molecule has 1 unspecified atom stereocenters. The van der Waals surface area contributed by atoms with Gasteiger partial charge in [-0.15, -0.1) is 0 Å². The second-order valence-electron chi connectivity index (χ2n) is 4.92. The maximum absolute atomic E-state index is 12.4. The van der Waals surface area contributed by atoms with Gasteiger partial charge in [0.25, 0.3) is 5.91 Å².